The molecule has 0 heterocycles. The van der Waals surface area contributed by atoms with Gasteiger partial charge in [0.2, 0.25) is 0 Å². The Morgan fingerprint density at radius 3 is 1.77 bits per heavy atom. The highest BCUT2D eigenvalue weighted by Crippen LogP contribution is 2.35. The largest absolute Gasteiger partial charge is 0.429 e. The van der Waals surface area contributed by atoms with Crippen molar-refractivity contribution in [3.05, 3.63) is 84.9 Å². The summed E-state index contributed by atoms with van der Waals surface area (Å²) in [4.78, 5) is 12.7. The molecule has 0 radical (unpaired) electrons. The van der Waals surface area contributed by atoms with Crippen LogP contribution in [0.3, 0.4) is 0 Å². The van der Waals surface area contributed by atoms with Gasteiger partial charge in [-0.1, -0.05) is 42.5 Å². The molecule has 0 aromatic heterocycles. The first-order chi connectivity index (χ1) is 10.9. The fourth-order valence-corrected chi connectivity index (χ4v) is 2.35. The molecule has 0 amide bonds. The maximum Gasteiger partial charge on any atom is 0.298 e. The molecule has 0 N–H and O–H groups in total. The van der Waals surface area contributed by atoms with Gasteiger partial charge < -0.3 is 9.64 Å². The number of hydrogen-bond acceptors (Lipinski definition) is 3. The smallest absolute Gasteiger partial charge is 0.298 e. The minimum atomic E-state index is 0.439. The molecule has 0 fully saturated rings. The van der Waals surface area contributed by atoms with Crippen LogP contribution in [0.4, 0.5) is 17.1 Å². The second-order valence-electron chi connectivity index (χ2n) is 4.72. The van der Waals surface area contributed by atoms with Crippen molar-refractivity contribution >= 4 is 23.5 Å². The number of para-hydroxylation sites is 2. The molecule has 3 nitrogen and oxygen atoms in total. The van der Waals surface area contributed by atoms with Crippen molar-refractivity contribution in [1.29, 1.82) is 0 Å². The van der Waals surface area contributed by atoms with Crippen molar-refractivity contribution in [3.63, 3.8) is 0 Å². The van der Waals surface area contributed by atoms with Crippen LogP contribution in [-0.4, -0.2) is 6.47 Å². The number of anilines is 3. The van der Waals surface area contributed by atoms with Crippen molar-refractivity contribution in [2.24, 2.45) is 0 Å². The van der Waals surface area contributed by atoms with Gasteiger partial charge in [-0.3, -0.25) is 4.79 Å². The SMILES string of the molecule is O=COc1cccc(N(c2ccccc2)c2ccccc2)c1. The lowest BCUT2D eigenvalue weighted by molar-refractivity contribution is -0.120. The highest BCUT2D eigenvalue weighted by molar-refractivity contribution is 5.77. The van der Waals surface area contributed by atoms with E-state index in [9.17, 15) is 4.79 Å². The number of ether oxygens (including phenoxy) is 1. The lowest BCUT2D eigenvalue weighted by Gasteiger charge is -2.25. The number of hydrogen-bond donors (Lipinski definition) is 0. The molecule has 0 aliphatic heterocycles. The average Bonchev–Trinajstić information content (AvgIpc) is 2.58. The number of rotatable bonds is 5. The van der Waals surface area contributed by atoms with Gasteiger partial charge in [-0.2, -0.15) is 0 Å². The maximum atomic E-state index is 10.6. The van der Waals surface area contributed by atoms with Gasteiger partial charge in [-0.05, 0) is 36.4 Å². The molecular formula is C19H15NO2. The van der Waals surface area contributed by atoms with Gasteiger partial charge in [-0.25, -0.2) is 0 Å². The summed E-state index contributed by atoms with van der Waals surface area (Å²) in [6, 6.07) is 27.6. The van der Waals surface area contributed by atoms with Gasteiger partial charge in [0.1, 0.15) is 5.75 Å². The summed E-state index contributed by atoms with van der Waals surface area (Å²) in [5, 5.41) is 0. The summed E-state index contributed by atoms with van der Waals surface area (Å²) in [6.45, 7) is 0.439. The number of nitrogens with zero attached hydrogens (tertiary/aromatic N) is 1. The molecule has 0 atom stereocenters. The van der Waals surface area contributed by atoms with Crippen LogP contribution in [0.25, 0.3) is 0 Å². The van der Waals surface area contributed by atoms with E-state index in [-0.39, 0.29) is 0 Å². The fraction of sp³-hybridized carbons (Fsp3) is 0. The first-order valence-corrected chi connectivity index (χ1v) is 6.99. The maximum absolute atomic E-state index is 10.6. The molecule has 3 aromatic rings. The minimum absolute atomic E-state index is 0.439. The van der Waals surface area contributed by atoms with Crippen LogP contribution >= 0.6 is 0 Å². The number of carbonyl (C=O) groups excluding carboxylic acids is 1. The summed E-state index contributed by atoms with van der Waals surface area (Å²) in [5.41, 5.74) is 3.01. The Labute approximate surface area is 129 Å². The third kappa shape index (κ3) is 2.99. The highest BCUT2D eigenvalue weighted by atomic mass is 16.5. The average molecular weight is 289 g/mol. The molecule has 108 valence electrons. The Balaban J connectivity index is 2.10. The quantitative estimate of drug-likeness (QED) is 0.638. The van der Waals surface area contributed by atoms with E-state index in [0.29, 0.717) is 12.2 Å². The second kappa shape index (κ2) is 6.59. The molecular weight excluding hydrogens is 274 g/mol. The van der Waals surface area contributed by atoms with Crippen molar-refractivity contribution < 1.29 is 9.53 Å². The van der Waals surface area contributed by atoms with Crippen LogP contribution in [0.2, 0.25) is 0 Å². The van der Waals surface area contributed by atoms with Crippen LogP contribution in [0.5, 0.6) is 5.75 Å². The lowest BCUT2D eigenvalue weighted by Crippen LogP contribution is -2.09. The van der Waals surface area contributed by atoms with Crippen molar-refractivity contribution in [2.45, 2.75) is 0 Å². The van der Waals surface area contributed by atoms with Crippen molar-refractivity contribution in [3.8, 4) is 5.75 Å². The van der Waals surface area contributed by atoms with E-state index >= 15 is 0 Å². The molecule has 3 heteroatoms. The van der Waals surface area contributed by atoms with E-state index in [1.165, 1.54) is 0 Å². The predicted molar refractivity (Wildman–Crippen MR) is 87.8 cm³/mol. The summed E-state index contributed by atoms with van der Waals surface area (Å²) in [5.74, 6) is 0.518. The van der Waals surface area contributed by atoms with E-state index in [0.717, 1.165) is 17.1 Å². The molecule has 0 bridgehead atoms. The molecule has 22 heavy (non-hydrogen) atoms. The summed E-state index contributed by atoms with van der Waals surface area (Å²) >= 11 is 0. The van der Waals surface area contributed by atoms with Crippen LogP contribution in [0.1, 0.15) is 0 Å². The fourth-order valence-electron chi connectivity index (χ4n) is 2.35. The Bertz CT molecular complexity index is 702. The zero-order chi connectivity index (χ0) is 15.2. The first-order valence-electron chi connectivity index (χ1n) is 6.99. The standard InChI is InChI=1S/C19H15NO2/c21-15-22-19-13-7-12-18(14-19)20(16-8-3-1-4-9-16)17-10-5-2-6-11-17/h1-15H. The van der Waals surface area contributed by atoms with Crippen LogP contribution < -0.4 is 9.64 Å². The van der Waals surface area contributed by atoms with Gasteiger partial charge in [0.15, 0.2) is 0 Å². The van der Waals surface area contributed by atoms with Gasteiger partial charge in [0.05, 0.1) is 0 Å². The third-order valence-corrected chi connectivity index (χ3v) is 3.29. The number of carbonyl (C=O) groups is 1. The van der Waals surface area contributed by atoms with Gasteiger partial charge in [-0.15, -0.1) is 0 Å². The molecule has 0 aliphatic carbocycles. The van der Waals surface area contributed by atoms with Gasteiger partial charge in [0, 0.05) is 23.1 Å². The van der Waals surface area contributed by atoms with E-state index in [1.54, 1.807) is 6.07 Å². The lowest BCUT2D eigenvalue weighted by atomic mass is 10.2. The third-order valence-electron chi connectivity index (χ3n) is 3.29. The zero-order valence-corrected chi connectivity index (χ0v) is 11.9. The molecule has 0 saturated heterocycles. The van der Waals surface area contributed by atoms with Crippen LogP contribution in [0, 0.1) is 0 Å². The predicted octanol–water partition coefficient (Wildman–Crippen LogP) is 4.69. The molecule has 0 unspecified atom stereocenters. The van der Waals surface area contributed by atoms with E-state index in [2.05, 4.69) is 4.90 Å². The first kappa shape index (κ1) is 13.9. The Morgan fingerprint density at radius 2 is 1.23 bits per heavy atom. The Morgan fingerprint density at radius 1 is 0.682 bits per heavy atom. The topological polar surface area (TPSA) is 29.5 Å². The zero-order valence-electron chi connectivity index (χ0n) is 11.9. The molecule has 3 aromatic carbocycles. The van der Waals surface area contributed by atoms with Crippen molar-refractivity contribution in [1.82, 2.24) is 0 Å². The Kier molecular flexibility index (Phi) is 4.16. The van der Waals surface area contributed by atoms with E-state index in [1.807, 2.05) is 78.9 Å². The minimum Gasteiger partial charge on any atom is -0.429 e. The molecule has 0 spiro atoms. The monoisotopic (exact) mass is 289 g/mol. The van der Waals surface area contributed by atoms with E-state index in [4.69, 9.17) is 4.74 Å². The molecule has 3 rings (SSSR count). The summed E-state index contributed by atoms with van der Waals surface area (Å²) < 4.78 is 4.96. The van der Waals surface area contributed by atoms with Crippen LogP contribution in [0.15, 0.2) is 84.9 Å². The van der Waals surface area contributed by atoms with Gasteiger partial charge in [0.25, 0.3) is 6.47 Å². The van der Waals surface area contributed by atoms with E-state index < -0.39 is 0 Å². The van der Waals surface area contributed by atoms with Gasteiger partial charge >= 0.3 is 0 Å². The number of benzene rings is 3. The Hall–Kier alpha value is -3.07. The van der Waals surface area contributed by atoms with Crippen LogP contribution in [-0.2, 0) is 4.79 Å². The molecule has 0 saturated carbocycles. The normalized spacial score (nSPS) is 10.0. The summed E-state index contributed by atoms with van der Waals surface area (Å²) in [6.07, 6.45) is 0. The highest BCUT2D eigenvalue weighted by Gasteiger charge is 2.12. The molecule has 0 aliphatic rings. The summed E-state index contributed by atoms with van der Waals surface area (Å²) in [7, 11) is 0. The second-order valence-corrected chi connectivity index (χ2v) is 4.72. The van der Waals surface area contributed by atoms with Crippen molar-refractivity contribution in [2.75, 3.05) is 4.90 Å².